The number of Topliss-reactive ketones (excluding diaryl/α,β-unsaturated/α-hetero) is 1. The summed E-state index contributed by atoms with van der Waals surface area (Å²) in [7, 11) is 1.29. The minimum Gasteiger partial charge on any atom is -0.464 e. The molecule has 1 aromatic rings. The fourth-order valence-electron chi connectivity index (χ4n) is 2.71. The number of hydrogen-bond acceptors (Lipinski definition) is 6. The monoisotopic (exact) mass is 310 g/mol. The molecule has 0 aromatic carbocycles. The van der Waals surface area contributed by atoms with E-state index in [1.54, 1.807) is 0 Å². The van der Waals surface area contributed by atoms with Crippen LogP contribution < -0.4 is 5.32 Å². The molecule has 1 N–H and O–H groups in total. The van der Waals surface area contributed by atoms with Crippen molar-refractivity contribution >= 4 is 28.2 Å². The van der Waals surface area contributed by atoms with Crippen molar-refractivity contribution in [3.63, 3.8) is 0 Å². The van der Waals surface area contributed by atoms with Crippen LogP contribution in [0.5, 0.6) is 0 Å². The highest BCUT2D eigenvalue weighted by molar-refractivity contribution is 7.17. The normalized spacial score (nSPS) is 25.4. The lowest BCUT2D eigenvalue weighted by atomic mass is 9.79. The smallest absolute Gasteiger partial charge is 0.358 e. The number of rotatable bonds is 4. The molecule has 0 radical (unpaired) electrons. The van der Waals surface area contributed by atoms with E-state index in [1.807, 2.05) is 0 Å². The van der Waals surface area contributed by atoms with Crippen LogP contribution in [0.1, 0.15) is 60.2 Å². The number of anilines is 1. The van der Waals surface area contributed by atoms with Crippen LogP contribution in [0.15, 0.2) is 0 Å². The van der Waals surface area contributed by atoms with E-state index in [-0.39, 0.29) is 11.5 Å². The third-order valence-electron chi connectivity index (χ3n) is 4.25. The Morgan fingerprint density at radius 2 is 2.00 bits per heavy atom. The van der Waals surface area contributed by atoms with Crippen LogP contribution in [-0.4, -0.2) is 29.9 Å². The summed E-state index contributed by atoms with van der Waals surface area (Å²) in [5.74, 6) is 0.697. The quantitative estimate of drug-likeness (QED) is 0.682. The second kappa shape index (κ2) is 6.56. The number of carbonyl (C=O) groups is 2. The highest BCUT2D eigenvalue weighted by atomic mass is 32.1. The van der Waals surface area contributed by atoms with Gasteiger partial charge in [0, 0.05) is 13.0 Å². The van der Waals surface area contributed by atoms with Crippen molar-refractivity contribution in [2.24, 2.45) is 11.8 Å². The van der Waals surface area contributed by atoms with E-state index in [1.165, 1.54) is 31.8 Å². The average molecular weight is 310 g/mol. The maximum absolute atomic E-state index is 11.7. The lowest BCUT2D eigenvalue weighted by Crippen LogP contribution is -2.30. The number of nitrogens with zero attached hydrogens (tertiary/aromatic N) is 1. The molecule has 1 aliphatic rings. The predicted octanol–water partition coefficient (Wildman–Crippen LogP) is 3.37. The number of thiazole rings is 1. The van der Waals surface area contributed by atoms with Crippen molar-refractivity contribution in [2.45, 2.75) is 46.1 Å². The van der Waals surface area contributed by atoms with Gasteiger partial charge in [-0.2, -0.15) is 0 Å². The molecule has 5 nitrogen and oxygen atoms in total. The van der Waals surface area contributed by atoms with Crippen LogP contribution in [0.4, 0.5) is 5.13 Å². The van der Waals surface area contributed by atoms with Crippen LogP contribution in [0.25, 0.3) is 0 Å². The van der Waals surface area contributed by atoms with Gasteiger partial charge in [0.1, 0.15) is 4.88 Å². The molecule has 0 amide bonds. The topological polar surface area (TPSA) is 68.3 Å². The highest BCUT2D eigenvalue weighted by Gasteiger charge is 2.27. The number of aromatic nitrogens is 1. The van der Waals surface area contributed by atoms with Gasteiger partial charge in [-0.15, -0.1) is 0 Å². The van der Waals surface area contributed by atoms with Crippen molar-refractivity contribution < 1.29 is 14.3 Å². The first-order valence-electron chi connectivity index (χ1n) is 7.29. The molecule has 1 fully saturated rings. The lowest BCUT2D eigenvalue weighted by Gasteiger charge is -2.32. The van der Waals surface area contributed by atoms with E-state index in [4.69, 9.17) is 0 Å². The largest absolute Gasteiger partial charge is 0.464 e. The molecule has 21 heavy (non-hydrogen) atoms. The average Bonchev–Trinajstić information content (AvgIpc) is 2.86. The zero-order valence-electron chi connectivity index (χ0n) is 12.9. The summed E-state index contributed by atoms with van der Waals surface area (Å²) in [6.07, 6.45) is 3.37. The summed E-state index contributed by atoms with van der Waals surface area (Å²) < 4.78 is 4.69. The Morgan fingerprint density at radius 1 is 1.29 bits per heavy atom. The molecule has 1 aromatic heterocycles. The molecular formula is C15H22N2O3S. The van der Waals surface area contributed by atoms with Crippen LogP contribution in [0.2, 0.25) is 0 Å². The molecule has 1 saturated carbocycles. The van der Waals surface area contributed by atoms with Gasteiger partial charge in [-0.25, -0.2) is 9.78 Å². The van der Waals surface area contributed by atoms with Crippen LogP contribution in [0, 0.1) is 11.8 Å². The van der Waals surface area contributed by atoms with Crippen molar-refractivity contribution in [1.82, 2.24) is 4.98 Å². The third kappa shape index (κ3) is 3.61. The van der Waals surface area contributed by atoms with Gasteiger partial charge in [-0.05, 0) is 31.1 Å². The third-order valence-corrected chi connectivity index (χ3v) is 5.34. The van der Waals surface area contributed by atoms with Gasteiger partial charge in [-0.1, -0.05) is 25.2 Å². The van der Waals surface area contributed by atoms with Crippen molar-refractivity contribution in [1.29, 1.82) is 0 Å². The predicted molar refractivity (Wildman–Crippen MR) is 83.0 cm³/mol. The van der Waals surface area contributed by atoms with E-state index < -0.39 is 5.97 Å². The Morgan fingerprint density at radius 3 is 2.57 bits per heavy atom. The molecule has 116 valence electrons. The Bertz CT molecular complexity index is 541. The SMILES string of the molecule is COC(=O)c1nc(NC2CCC(C)C(C)C2)sc1C(C)=O. The second-order valence-corrected chi connectivity index (χ2v) is 6.85. The highest BCUT2D eigenvalue weighted by Crippen LogP contribution is 2.32. The molecule has 3 atom stereocenters. The van der Waals surface area contributed by atoms with Gasteiger partial charge in [0.2, 0.25) is 0 Å². The zero-order valence-corrected chi connectivity index (χ0v) is 13.8. The Hall–Kier alpha value is -1.43. The number of esters is 1. The zero-order chi connectivity index (χ0) is 15.6. The van der Waals surface area contributed by atoms with Crippen LogP contribution >= 0.6 is 11.3 Å². The van der Waals surface area contributed by atoms with E-state index in [9.17, 15) is 9.59 Å². The lowest BCUT2D eigenvalue weighted by molar-refractivity contribution is 0.0591. The Kier molecular flexibility index (Phi) is 4.98. The van der Waals surface area contributed by atoms with Gasteiger partial charge < -0.3 is 10.1 Å². The van der Waals surface area contributed by atoms with Crippen molar-refractivity contribution in [2.75, 3.05) is 12.4 Å². The molecule has 0 saturated heterocycles. The second-order valence-electron chi connectivity index (χ2n) is 5.85. The fraction of sp³-hybridized carbons (Fsp3) is 0.667. The van der Waals surface area contributed by atoms with E-state index in [2.05, 4.69) is 28.9 Å². The molecule has 0 bridgehead atoms. The molecule has 0 spiro atoms. The summed E-state index contributed by atoms with van der Waals surface area (Å²) in [5.41, 5.74) is 0.120. The number of nitrogens with one attached hydrogen (secondary N) is 1. The minimum absolute atomic E-state index is 0.120. The van der Waals surface area contributed by atoms with Gasteiger partial charge in [0.05, 0.1) is 7.11 Å². The van der Waals surface area contributed by atoms with Crippen molar-refractivity contribution in [3.8, 4) is 0 Å². The van der Waals surface area contributed by atoms with Crippen molar-refractivity contribution in [3.05, 3.63) is 10.6 Å². The number of ketones is 1. The maximum Gasteiger partial charge on any atom is 0.358 e. The first-order valence-corrected chi connectivity index (χ1v) is 8.10. The first kappa shape index (κ1) is 15.9. The number of methoxy groups -OCH3 is 1. The van der Waals surface area contributed by atoms with Gasteiger partial charge in [0.25, 0.3) is 0 Å². The maximum atomic E-state index is 11.7. The van der Waals surface area contributed by atoms with Gasteiger partial charge in [-0.3, -0.25) is 4.79 Å². The summed E-state index contributed by atoms with van der Waals surface area (Å²) in [4.78, 5) is 27.9. The fourth-order valence-corrected chi connectivity index (χ4v) is 3.63. The molecular weight excluding hydrogens is 288 g/mol. The minimum atomic E-state index is -0.560. The molecule has 0 aliphatic heterocycles. The standard InChI is InChI=1S/C15H22N2O3S/c1-8-5-6-11(7-9(8)2)16-15-17-12(14(19)20-4)13(21-15)10(3)18/h8-9,11H,5-7H2,1-4H3,(H,16,17). The van der Waals surface area contributed by atoms with E-state index in [0.717, 1.165) is 18.8 Å². The Labute approximate surface area is 129 Å². The summed E-state index contributed by atoms with van der Waals surface area (Å²) in [6.45, 7) is 5.99. The molecule has 6 heteroatoms. The first-order chi connectivity index (χ1) is 9.92. The Balaban J connectivity index is 2.14. The van der Waals surface area contributed by atoms with Crippen LogP contribution in [0.3, 0.4) is 0 Å². The van der Waals surface area contributed by atoms with Gasteiger partial charge in [0.15, 0.2) is 16.6 Å². The number of carbonyl (C=O) groups excluding carboxylic acids is 2. The summed E-state index contributed by atoms with van der Waals surface area (Å²) in [6, 6.07) is 0.354. The van der Waals surface area contributed by atoms with Gasteiger partial charge >= 0.3 is 5.97 Å². The molecule has 1 heterocycles. The molecule has 3 unspecified atom stereocenters. The van der Waals surface area contributed by atoms with E-state index >= 15 is 0 Å². The summed E-state index contributed by atoms with van der Waals surface area (Å²) in [5, 5.41) is 4.01. The number of hydrogen-bond donors (Lipinski definition) is 1. The number of ether oxygens (including phenoxy) is 1. The van der Waals surface area contributed by atoms with E-state index in [0.29, 0.717) is 22.0 Å². The summed E-state index contributed by atoms with van der Waals surface area (Å²) >= 11 is 1.23. The molecule has 2 rings (SSSR count). The van der Waals surface area contributed by atoms with Crippen LogP contribution in [-0.2, 0) is 4.74 Å². The molecule has 1 aliphatic carbocycles.